The highest BCUT2D eigenvalue weighted by molar-refractivity contribution is 5.33. The molecule has 0 aromatic rings. The highest BCUT2D eigenvalue weighted by atomic mass is 15.3. The molecule has 0 bridgehead atoms. The average molecular weight is 148 g/mol. The van der Waals surface area contributed by atoms with Gasteiger partial charge in [-0.25, -0.2) is 0 Å². The number of fused-ring (bicyclic) bond motifs is 4. The fraction of sp³-hybridized carbons (Fsp3) is 1.00. The third-order valence-corrected chi connectivity index (χ3v) is 4.42. The van der Waals surface area contributed by atoms with E-state index < -0.39 is 0 Å². The Hall–Kier alpha value is -0.400. The van der Waals surface area contributed by atoms with Crippen molar-refractivity contribution in [1.29, 1.82) is 0 Å². The molecule has 0 radical (unpaired) electrons. The van der Waals surface area contributed by atoms with Crippen molar-refractivity contribution in [2.75, 3.05) is 0 Å². The van der Waals surface area contributed by atoms with Gasteiger partial charge < -0.3 is 0 Å². The van der Waals surface area contributed by atoms with E-state index in [1.165, 1.54) is 32.1 Å². The van der Waals surface area contributed by atoms with Crippen molar-refractivity contribution in [2.45, 2.75) is 43.7 Å². The standard InChI is InChI=1S/C9H12N2/c1-2-8(3-1)6-7(8)10-11-9(6)4-5-9/h6-7H,1-5H2. The molecule has 0 amide bonds. The first-order valence-corrected chi connectivity index (χ1v) is 4.80. The van der Waals surface area contributed by atoms with Gasteiger partial charge in [0.1, 0.15) is 0 Å². The highest BCUT2D eigenvalue weighted by Gasteiger charge is 2.80. The molecular formula is C9H12N2. The van der Waals surface area contributed by atoms with Crippen LogP contribution in [0.3, 0.4) is 0 Å². The summed E-state index contributed by atoms with van der Waals surface area (Å²) in [4.78, 5) is 0. The quantitative estimate of drug-likeness (QED) is 0.503. The Labute approximate surface area is 66.1 Å². The molecule has 0 N–H and O–H groups in total. The van der Waals surface area contributed by atoms with Crippen LogP contribution in [0, 0.1) is 11.3 Å². The second kappa shape index (κ2) is 1.17. The molecule has 0 aromatic heterocycles. The lowest BCUT2D eigenvalue weighted by atomic mass is 9.77. The Balaban J connectivity index is 1.79. The number of hydrogen-bond donors (Lipinski definition) is 0. The van der Waals surface area contributed by atoms with Crippen LogP contribution in [-0.2, 0) is 0 Å². The monoisotopic (exact) mass is 148 g/mol. The molecule has 2 heteroatoms. The van der Waals surface area contributed by atoms with E-state index in [4.69, 9.17) is 0 Å². The zero-order valence-corrected chi connectivity index (χ0v) is 6.58. The summed E-state index contributed by atoms with van der Waals surface area (Å²) in [6.45, 7) is 0. The van der Waals surface area contributed by atoms with E-state index >= 15 is 0 Å². The Morgan fingerprint density at radius 1 is 1.09 bits per heavy atom. The van der Waals surface area contributed by atoms with E-state index in [0.29, 0.717) is 11.6 Å². The van der Waals surface area contributed by atoms with Crippen molar-refractivity contribution in [2.24, 2.45) is 21.6 Å². The lowest BCUT2D eigenvalue weighted by Crippen LogP contribution is -2.23. The Bertz CT molecular complexity index is 261. The van der Waals surface area contributed by atoms with Crippen LogP contribution in [0.25, 0.3) is 0 Å². The van der Waals surface area contributed by atoms with Crippen molar-refractivity contribution in [3.63, 3.8) is 0 Å². The van der Waals surface area contributed by atoms with Gasteiger partial charge in [0.05, 0.1) is 11.6 Å². The molecule has 3 aliphatic carbocycles. The lowest BCUT2D eigenvalue weighted by Gasteiger charge is -2.29. The van der Waals surface area contributed by atoms with Gasteiger partial charge in [0, 0.05) is 11.3 Å². The van der Waals surface area contributed by atoms with Crippen LogP contribution >= 0.6 is 0 Å². The summed E-state index contributed by atoms with van der Waals surface area (Å²) in [5, 5.41) is 8.84. The number of rotatable bonds is 0. The minimum Gasteiger partial charge on any atom is -0.189 e. The van der Waals surface area contributed by atoms with E-state index in [1.54, 1.807) is 0 Å². The molecule has 0 aromatic carbocycles. The van der Waals surface area contributed by atoms with Gasteiger partial charge in [-0.05, 0) is 25.7 Å². The summed E-state index contributed by atoms with van der Waals surface area (Å²) < 4.78 is 0. The van der Waals surface area contributed by atoms with Crippen molar-refractivity contribution >= 4 is 0 Å². The molecule has 4 aliphatic rings. The third-order valence-electron chi connectivity index (χ3n) is 4.42. The molecule has 2 atom stereocenters. The number of azo groups is 1. The SMILES string of the molecule is C1CC2(C1)C1N=NC3(CC3)C12. The van der Waals surface area contributed by atoms with Gasteiger partial charge in [-0.3, -0.25) is 0 Å². The largest absolute Gasteiger partial charge is 0.189 e. The summed E-state index contributed by atoms with van der Waals surface area (Å²) in [5.41, 5.74) is 1.14. The molecule has 1 aliphatic heterocycles. The summed E-state index contributed by atoms with van der Waals surface area (Å²) in [6.07, 6.45) is 7.07. The summed E-state index contributed by atoms with van der Waals surface area (Å²) in [5.74, 6) is 0.920. The summed E-state index contributed by atoms with van der Waals surface area (Å²) >= 11 is 0. The molecule has 4 rings (SSSR count). The van der Waals surface area contributed by atoms with Crippen molar-refractivity contribution < 1.29 is 0 Å². The van der Waals surface area contributed by atoms with Crippen LogP contribution in [0.1, 0.15) is 32.1 Å². The maximum Gasteiger partial charge on any atom is 0.0873 e. The Morgan fingerprint density at radius 3 is 2.36 bits per heavy atom. The van der Waals surface area contributed by atoms with Gasteiger partial charge in [0.25, 0.3) is 0 Å². The van der Waals surface area contributed by atoms with E-state index in [2.05, 4.69) is 10.2 Å². The zero-order valence-electron chi connectivity index (χ0n) is 6.58. The molecule has 0 saturated heterocycles. The topological polar surface area (TPSA) is 24.7 Å². The normalized spacial score (nSPS) is 50.9. The van der Waals surface area contributed by atoms with E-state index in [-0.39, 0.29) is 0 Å². The van der Waals surface area contributed by atoms with Gasteiger partial charge in [0.2, 0.25) is 0 Å². The van der Waals surface area contributed by atoms with Crippen molar-refractivity contribution in [1.82, 2.24) is 0 Å². The molecule has 11 heavy (non-hydrogen) atoms. The first kappa shape index (κ1) is 5.28. The Kier molecular flexibility index (Phi) is 0.563. The molecule has 1 heterocycles. The second-order valence-corrected chi connectivity index (χ2v) is 4.83. The van der Waals surface area contributed by atoms with Crippen LogP contribution in [0.15, 0.2) is 10.2 Å². The smallest absolute Gasteiger partial charge is 0.0873 e. The van der Waals surface area contributed by atoms with Crippen LogP contribution < -0.4 is 0 Å². The predicted octanol–water partition coefficient (Wildman–Crippen LogP) is 2.15. The minimum absolute atomic E-state index is 0.422. The summed E-state index contributed by atoms with van der Waals surface area (Å²) in [7, 11) is 0. The van der Waals surface area contributed by atoms with Crippen LogP contribution in [-0.4, -0.2) is 11.6 Å². The van der Waals surface area contributed by atoms with Gasteiger partial charge in [-0.1, -0.05) is 6.42 Å². The van der Waals surface area contributed by atoms with Gasteiger partial charge in [-0.15, -0.1) is 0 Å². The number of hydrogen-bond acceptors (Lipinski definition) is 2. The predicted molar refractivity (Wildman–Crippen MR) is 40.4 cm³/mol. The maximum atomic E-state index is 4.43. The fourth-order valence-electron chi connectivity index (χ4n) is 3.45. The van der Waals surface area contributed by atoms with E-state index in [9.17, 15) is 0 Å². The molecule has 58 valence electrons. The maximum absolute atomic E-state index is 4.43. The van der Waals surface area contributed by atoms with E-state index in [0.717, 1.165) is 11.3 Å². The molecule has 3 saturated carbocycles. The van der Waals surface area contributed by atoms with Crippen LogP contribution in [0.2, 0.25) is 0 Å². The van der Waals surface area contributed by atoms with Crippen molar-refractivity contribution in [3.05, 3.63) is 0 Å². The molecule has 2 nitrogen and oxygen atoms in total. The summed E-state index contributed by atoms with van der Waals surface area (Å²) in [6, 6.07) is 0.693. The molecule has 2 spiro atoms. The molecule has 3 fully saturated rings. The fourth-order valence-corrected chi connectivity index (χ4v) is 3.45. The first-order chi connectivity index (χ1) is 5.38. The van der Waals surface area contributed by atoms with Gasteiger partial charge >= 0.3 is 0 Å². The minimum atomic E-state index is 0.422. The van der Waals surface area contributed by atoms with E-state index in [1.807, 2.05) is 0 Å². The van der Waals surface area contributed by atoms with Crippen molar-refractivity contribution in [3.8, 4) is 0 Å². The number of nitrogens with zero attached hydrogens (tertiary/aromatic N) is 2. The average Bonchev–Trinajstić information content (AvgIpc) is 2.66. The highest BCUT2D eigenvalue weighted by Crippen LogP contribution is 2.78. The van der Waals surface area contributed by atoms with Crippen LogP contribution in [0.4, 0.5) is 0 Å². The lowest BCUT2D eigenvalue weighted by molar-refractivity contribution is 0.224. The van der Waals surface area contributed by atoms with Crippen LogP contribution in [0.5, 0.6) is 0 Å². The third kappa shape index (κ3) is 0.372. The first-order valence-electron chi connectivity index (χ1n) is 4.80. The van der Waals surface area contributed by atoms with Gasteiger partial charge in [0.15, 0.2) is 0 Å². The molecular weight excluding hydrogens is 136 g/mol. The zero-order chi connectivity index (χ0) is 7.10. The molecule has 2 unspecified atom stereocenters. The van der Waals surface area contributed by atoms with Gasteiger partial charge in [-0.2, -0.15) is 10.2 Å². The second-order valence-electron chi connectivity index (χ2n) is 4.83. The Morgan fingerprint density at radius 2 is 1.91 bits per heavy atom.